The second kappa shape index (κ2) is 10.9. The number of benzene rings is 2. The van der Waals surface area contributed by atoms with E-state index in [2.05, 4.69) is 5.32 Å². The lowest BCUT2D eigenvalue weighted by atomic mass is 10.1. The summed E-state index contributed by atoms with van der Waals surface area (Å²) >= 11 is 5.60. The summed E-state index contributed by atoms with van der Waals surface area (Å²) in [7, 11) is -4.03. The van der Waals surface area contributed by atoms with Gasteiger partial charge in [-0.25, -0.2) is 8.42 Å². The summed E-state index contributed by atoms with van der Waals surface area (Å²) in [6.45, 7) is 2.00. The third kappa shape index (κ3) is 7.30. The minimum Gasteiger partial charge on any atom is -0.494 e. The molecule has 0 saturated heterocycles. The molecular formula is C21H24ClF3N2O4S. The van der Waals surface area contributed by atoms with Crippen LogP contribution >= 0.6 is 11.6 Å². The number of para-hydroxylation sites is 1. The molecule has 0 spiro atoms. The zero-order valence-corrected chi connectivity index (χ0v) is 19.1. The second-order valence-corrected chi connectivity index (χ2v) is 9.24. The number of nitrogens with zero attached hydrogens (tertiary/aromatic N) is 1. The molecule has 0 aromatic heterocycles. The molecule has 6 nitrogen and oxygen atoms in total. The van der Waals surface area contributed by atoms with Crippen LogP contribution in [0.3, 0.4) is 0 Å². The van der Waals surface area contributed by atoms with Crippen molar-refractivity contribution in [3.63, 3.8) is 0 Å². The molecule has 0 fully saturated rings. The molecule has 2 aromatic rings. The van der Waals surface area contributed by atoms with Crippen LogP contribution in [-0.4, -0.2) is 40.3 Å². The Morgan fingerprint density at radius 2 is 1.88 bits per heavy atom. The third-order valence-electron chi connectivity index (χ3n) is 4.45. The SMILES string of the molecule is CCOc1ccccc1CCCNC(=O)CN(c1ccc(Cl)c(C(F)(F)F)c1)S(C)(=O)=O. The molecule has 176 valence electrons. The Morgan fingerprint density at radius 1 is 1.19 bits per heavy atom. The lowest BCUT2D eigenvalue weighted by molar-refractivity contribution is -0.137. The Bertz CT molecular complexity index is 1050. The highest BCUT2D eigenvalue weighted by Gasteiger charge is 2.34. The Labute approximate surface area is 190 Å². The number of carbonyl (C=O) groups is 1. The average Bonchev–Trinajstić information content (AvgIpc) is 2.69. The first-order chi connectivity index (χ1) is 14.9. The van der Waals surface area contributed by atoms with Crippen LogP contribution in [-0.2, 0) is 27.4 Å². The van der Waals surface area contributed by atoms with E-state index in [1.807, 2.05) is 31.2 Å². The standard InChI is InChI=1S/C21H24ClF3N2O4S/c1-3-31-19-9-5-4-7-15(19)8-6-12-26-20(28)14-27(32(2,29)30)16-10-11-18(22)17(13-16)21(23,24)25/h4-5,7,9-11,13H,3,6,8,12,14H2,1-2H3,(H,26,28). The number of alkyl halides is 3. The van der Waals surface area contributed by atoms with Crippen molar-refractivity contribution in [2.75, 3.05) is 30.3 Å². The number of halogens is 4. The maximum Gasteiger partial charge on any atom is 0.417 e. The van der Waals surface area contributed by atoms with Crippen molar-refractivity contribution in [1.29, 1.82) is 0 Å². The molecule has 11 heteroatoms. The molecule has 32 heavy (non-hydrogen) atoms. The molecule has 0 atom stereocenters. The highest BCUT2D eigenvalue weighted by molar-refractivity contribution is 7.92. The summed E-state index contributed by atoms with van der Waals surface area (Å²) in [5, 5.41) is 2.04. The van der Waals surface area contributed by atoms with E-state index in [1.54, 1.807) is 0 Å². The van der Waals surface area contributed by atoms with E-state index in [9.17, 15) is 26.4 Å². The van der Waals surface area contributed by atoms with Crippen molar-refractivity contribution in [1.82, 2.24) is 5.32 Å². The first-order valence-electron chi connectivity index (χ1n) is 9.75. The number of rotatable bonds is 10. The number of amides is 1. The van der Waals surface area contributed by atoms with Crippen LogP contribution in [0.25, 0.3) is 0 Å². The number of ether oxygens (including phenoxy) is 1. The molecular weight excluding hydrogens is 469 g/mol. The number of aryl methyl sites for hydroxylation is 1. The van der Waals surface area contributed by atoms with E-state index in [1.165, 1.54) is 0 Å². The first-order valence-corrected chi connectivity index (χ1v) is 12.0. The summed E-state index contributed by atoms with van der Waals surface area (Å²) in [6.07, 6.45) is -2.77. The molecule has 2 aromatic carbocycles. The molecule has 0 saturated carbocycles. The van der Waals surface area contributed by atoms with Crippen molar-refractivity contribution in [2.24, 2.45) is 0 Å². The van der Waals surface area contributed by atoms with Crippen molar-refractivity contribution in [2.45, 2.75) is 25.9 Å². The third-order valence-corrected chi connectivity index (χ3v) is 5.92. The smallest absolute Gasteiger partial charge is 0.417 e. The summed E-state index contributed by atoms with van der Waals surface area (Å²) in [6, 6.07) is 10.2. The first kappa shape index (κ1) is 25.8. The molecule has 2 rings (SSSR count). The Kier molecular flexibility index (Phi) is 8.80. The van der Waals surface area contributed by atoms with E-state index in [-0.39, 0.29) is 12.2 Å². The van der Waals surface area contributed by atoms with Gasteiger partial charge >= 0.3 is 6.18 Å². The van der Waals surface area contributed by atoms with Gasteiger partial charge in [-0.1, -0.05) is 29.8 Å². The molecule has 0 unspecified atom stereocenters. The van der Waals surface area contributed by atoms with Crippen LogP contribution in [0.4, 0.5) is 18.9 Å². The highest BCUT2D eigenvalue weighted by Crippen LogP contribution is 2.37. The molecule has 0 radical (unpaired) electrons. The van der Waals surface area contributed by atoms with Gasteiger partial charge in [0.2, 0.25) is 15.9 Å². The van der Waals surface area contributed by atoms with Gasteiger partial charge < -0.3 is 10.1 Å². The van der Waals surface area contributed by atoms with E-state index < -0.39 is 39.2 Å². The average molecular weight is 493 g/mol. The van der Waals surface area contributed by atoms with Gasteiger partial charge in [0.25, 0.3) is 0 Å². The Morgan fingerprint density at radius 3 is 2.50 bits per heavy atom. The quantitative estimate of drug-likeness (QED) is 0.502. The predicted octanol–water partition coefficient (Wildman–Crippen LogP) is 4.27. The summed E-state index contributed by atoms with van der Waals surface area (Å²) in [5.41, 5.74) is -0.508. The topological polar surface area (TPSA) is 75.7 Å². The van der Waals surface area contributed by atoms with Crippen LogP contribution < -0.4 is 14.4 Å². The minimum absolute atomic E-state index is 0.255. The maximum atomic E-state index is 13.1. The van der Waals surface area contributed by atoms with Crippen LogP contribution in [0.2, 0.25) is 5.02 Å². The van der Waals surface area contributed by atoms with E-state index in [0.717, 1.165) is 29.7 Å². The van der Waals surface area contributed by atoms with E-state index in [4.69, 9.17) is 16.3 Å². The lowest BCUT2D eigenvalue weighted by Gasteiger charge is -2.23. The predicted molar refractivity (Wildman–Crippen MR) is 118 cm³/mol. The maximum absolute atomic E-state index is 13.1. The molecule has 0 aliphatic carbocycles. The van der Waals surface area contributed by atoms with Crippen LogP contribution in [0.1, 0.15) is 24.5 Å². The van der Waals surface area contributed by atoms with Crippen molar-refractivity contribution < 1.29 is 31.1 Å². The zero-order valence-electron chi connectivity index (χ0n) is 17.6. The van der Waals surface area contributed by atoms with Crippen molar-refractivity contribution in [3.8, 4) is 5.75 Å². The molecule has 0 bridgehead atoms. The van der Waals surface area contributed by atoms with Crippen molar-refractivity contribution in [3.05, 3.63) is 58.6 Å². The van der Waals surface area contributed by atoms with Gasteiger partial charge in [-0.05, 0) is 49.6 Å². The highest BCUT2D eigenvalue weighted by atomic mass is 35.5. The Hall–Kier alpha value is -2.46. The Balaban J connectivity index is 2.03. The van der Waals surface area contributed by atoms with Gasteiger partial charge in [-0.3, -0.25) is 9.10 Å². The molecule has 0 aliphatic rings. The van der Waals surface area contributed by atoms with Gasteiger partial charge in [0.15, 0.2) is 0 Å². The monoisotopic (exact) mass is 492 g/mol. The zero-order chi connectivity index (χ0) is 23.9. The summed E-state index contributed by atoms with van der Waals surface area (Å²) < 4.78 is 69.8. The fourth-order valence-electron chi connectivity index (χ4n) is 2.99. The molecule has 0 heterocycles. The van der Waals surface area contributed by atoms with Crippen molar-refractivity contribution >= 4 is 33.2 Å². The summed E-state index contributed by atoms with van der Waals surface area (Å²) in [5.74, 6) is 0.116. The lowest BCUT2D eigenvalue weighted by Crippen LogP contribution is -2.40. The molecule has 1 amide bonds. The fraction of sp³-hybridized carbons (Fsp3) is 0.381. The van der Waals surface area contributed by atoms with Gasteiger partial charge in [-0.2, -0.15) is 13.2 Å². The van der Waals surface area contributed by atoms with Gasteiger partial charge in [0.05, 0.1) is 29.1 Å². The number of hydrogen-bond acceptors (Lipinski definition) is 4. The molecule has 0 aliphatic heterocycles. The number of hydrogen-bond donors (Lipinski definition) is 1. The fourth-order valence-corrected chi connectivity index (χ4v) is 4.06. The minimum atomic E-state index is -4.77. The number of sulfonamides is 1. The van der Waals surface area contributed by atoms with Crippen LogP contribution in [0.5, 0.6) is 5.75 Å². The number of anilines is 1. The summed E-state index contributed by atoms with van der Waals surface area (Å²) in [4.78, 5) is 12.3. The van der Waals surface area contributed by atoms with Crippen LogP contribution in [0, 0.1) is 0 Å². The second-order valence-electron chi connectivity index (χ2n) is 6.93. The molecule has 1 N–H and O–H groups in total. The van der Waals surface area contributed by atoms with Gasteiger partial charge in [-0.15, -0.1) is 0 Å². The van der Waals surface area contributed by atoms with Gasteiger partial charge in [0.1, 0.15) is 12.3 Å². The largest absolute Gasteiger partial charge is 0.494 e. The number of nitrogens with one attached hydrogen (secondary N) is 1. The number of carbonyl (C=O) groups excluding carboxylic acids is 1. The van der Waals surface area contributed by atoms with E-state index in [0.29, 0.717) is 29.8 Å². The van der Waals surface area contributed by atoms with Gasteiger partial charge in [0, 0.05) is 6.54 Å². The van der Waals surface area contributed by atoms with E-state index >= 15 is 0 Å². The normalized spacial score (nSPS) is 11.8. The van der Waals surface area contributed by atoms with Crippen LogP contribution in [0.15, 0.2) is 42.5 Å².